The van der Waals surface area contributed by atoms with E-state index in [4.69, 9.17) is 14.2 Å². The van der Waals surface area contributed by atoms with Crippen molar-refractivity contribution >= 4 is 17.9 Å². The van der Waals surface area contributed by atoms with Gasteiger partial charge < -0.3 is 14.2 Å². The van der Waals surface area contributed by atoms with Gasteiger partial charge in [-0.2, -0.15) is 0 Å². The van der Waals surface area contributed by atoms with Gasteiger partial charge in [-0.1, -0.05) is 205 Å². The van der Waals surface area contributed by atoms with Crippen LogP contribution in [0.5, 0.6) is 0 Å². The van der Waals surface area contributed by atoms with Gasteiger partial charge in [0.25, 0.3) is 0 Å². The van der Waals surface area contributed by atoms with Crippen LogP contribution in [0.3, 0.4) is 0 Å². The van der Waals surface area contributed by atoms with Crippen molar-refractivity contribution in [1.29, 1.82) is 0 Å². The molecular weight excluding hydrogens is 721 g/mol. The second-order valence-electron chi connectivity index (χ2n) is 16.7. The summed E-state index contributed by atoms with van der Waals surface area (Å²) in [6.07, 6.45) is 54.1. The number of carbonyl (C=O) groups excluding carboxylic acids is 3. The molecule has 0 spiro atoms. The molecule has 338 valence electrons. The van der Waals surface area contributed by atoms with E-state index < -0.39 is 6.10 Å². The van der Waals surface area contributed by atoms with Crippen molar-refractivity contribution in [1.82, 2.24) is 0 Å². The Bertz CT molecular complexity index is 984. The first-order valence-electron chi connectivity index (χ1n) is 25.0. The van der Waals surface area contributed by atoms with Gasteiger partial charge in [0.2, 0.25) is 0 Å². The summed E-state index contributed by atoms with van der Waals surface area (Å²) in [7, 11) is 0. The van der Waals surface area contributed by atoms with Gasteiger partial charge in [-0.3, -0.25) is 14.4 Å². The van der Waals surface area contributed by atoms with Crippen LogP contribution in [0, 0.1) is 0 Å². The van der Waals surface area contributed by atoms with Gasteiger partial charge in [0, 0.05) is 19.3 Å². The number of hydrogen-bond acceptors (Lipinski definition) is 6. The highest BCUT2D eigenvalue weighted by Gasteiger charge is 2.19. The van der Waals surface area contributed by atoms with E-state index in [1.807, 2.05) is 0 Å². The van der Waals surface area contributed by atoms with Gasteiger partial charge >= 0.3 is 17.9 Å². The quantitative estimate of drug-likeness (QED) is 0.0264. The van der Waals surface area contributed by atoms with Crippen molar-refractivity contribution in [2.24, 2.45) is 0 Å². The zero-order valence-corrected chi connectivity index (χ0v) is 38.6. The van der Waals surface area contributed by atoms with Crippen LogP contribution in [0.4, 0.5) is 0 Å². The maximum absolute atomic E-state index is 12.7. The van der Waals surface area contributed by atoms with E-state index in [9.17, 15) is 14.4 Å². The Kier molecular flexibility index (Phi) is 45.4. The van der Waals surface area contributed by atoms with E-state index in [2.05, 4.69) is 57.2 Å². The molecule has 1 atom stereocenters. The molecule has 0 saturated heterocycles. The Hall–Kier alpha value is -2.37. The summed E-state index contributed by atoms with van der Waals surface area (Å²) in [5.74, 6) is -0.895. The highest BCUT2D eigenvalue weighted by molar-refractivity contribution is 5.71. The first kappa shape index (κ1) is 55.6. The van der Waals surface area contributed by atoms with Crippen LogP contribution in [0.15, 0.2) is 36.5 Å². The SMILES string of the molecule is CC/C=C\C/C=C\CCCCCCCC(=O)OC(COC(=O)CCCCCCC/C=C\CCCCC)COC(=O)CCCCCCCCCCCCCCCCCC. The second-order valence-corrected chi connectivity index (χ2v) is 16.7. The Balaban J connectivity index is 4.34. The molecular formula is C52H94O6. The summed E-state index contributed by atoms with van der Waals surface area (Å²) in [5, 5.41) is 0. The molecule has 0 amide bonds. The molecule has 1 unspecified atom stereocenters. The molecule has 58 heavy (non-hydrogen) atoms. The molecule has 0 fully saturated rings. The fourth-order valence-corrected chi connectivity index (χ4v) is 7.12. The van der Waals surface area contributed by atoms with Gasteiger partial charge in [0.1, 0.15) is 13.2 Å². The molecule has 6 nitrogen and oxygen atoms in total. The van der Waals surface area contributed by atoms with Gasteiger partial charge in [-0.05, 0) is 70.6 Å². The van der Waals surface area contributed by atoms with Crippen molar-refractivity contribution in [2.75, 3.05) is 13.2 Å². The summed E-state index contributed by atoms with van der Waals surface area (Å²) in [4.78, 5) is 37.9. The number of ether oxygens (including phenoxy) is 3. The van der Waals surface area contributed by atoms with Crippen LogP contribution in [0.25, 0.3) is 0 Å². The zero-order chi connectivity index (χ0) is 42.3. The fourth-order valence-electron chi connectivity index (χ4n) is 7.12. The molecule has 0 rings (SSSR count). The minimum absolute atomic E-state index is 0.0779. The molecule has 0 radical (unpaired) electrons. The summed E-state index contributed by atoms with van der Waals surface area (Å²) in [6, 6.07) is 0. The number of esters is 3. The van der Waals surface area contributed by atoms with E-state index in [0.717, 1.165) is 96.3 Å². The highest BCUT2D eigenvalue weighted by Crippen LogP contribution is 2.15. The molecule has 0 bridgehead atoms. The van der Waals surface area contributed by atoms with Crippen molar-refractivity contribution < 1.29 is 28.6 Å². The van der Waals surface area contributed by atoms with E-state index in [-0.39, 0.29) is 31.1 Å². The molecule has 0 aromatic heterocycles. The van der Waals surface area contributed by atoms with Crippen LogP contribution >= 0.6 is 0 Å². The van der Waals surface area contributed by atoms with Crippen LogP contribution in [-0.2, 0) is 28.6 Å². The van der Waals surface area contributed by atoms with Crippen molar-refractivity contribution in [3.63, 3.8) is 0 Å². The Morgan fingerprint density at radius 1 is 0.362 bits per heavy atom. The van der Waals surface area contributed by atoms with Crippen molar-refractivity contribution in [2.45, 2.75) is 264 Å². The summed E-state index contributed by atoms with van der Waals surface area (Å²) in [6.45, 7) is 6.50. The molecule has 0 aliphatic rings. The molecule has 0 aromatic carbocycles. The lowest BCUT2D eigenvalue weighted by atomic mass is 10.0. The van der Waals surface area contributed by atoms with Crippen LogP contribution in [-0.4, -0.2) is 37.2 Å². The molecule has 0 saturated carbocycles. The molecule has 0 N–H and O–H groups in total. The van der Waals surface area contributed by atoms with Gasteiger partial charge in [-0.25, -0.2) is 0 Å². The maximum atomic E-state index is 12.7. The zero-order valence-electron chi connectivity index (χ0n) is 38.6. The molecule has 0 aliphatic heterocycles. The summed E-state index contributed by atoms with van der Waals surface area (Å²) < 4.78 is 16.7. The average molecular weight is 815 g/mol. The summed E-state index contributed by atoms with van der Waals surface area (Å²) >= 11 is 0. The fraction of sp³-hybridized carbons (Fsp3) is 0.827. The smallest absolute Gasteiger partial charge is 0.306 e. The number of rotatable bonds is 45. The van der Waals surface area contributed by atoms with Gasteiger partial charge in [0.15, 0.2) is 6.10 Å². The van der Waals surface area contributed by atoms with E-state index in [1.165, 1.54) is 122 Å². The highest BCUT2D eigenvalue weighted by atomic mass is 16.6. The lowest BCUT2D eigenvalue weighted by Gasteiger charge is -2.18. The van der Waals surface area contributed by atoms with Crippen molar-refractivity contribution in [3.8, 4) is 0 Å². The van der Waals surface area contributed by atoms with E-state index in [1.54, 1.807) is 0 Å². The third-order valence-electron chi connectivity index (χ3n) is 10.9. The Morgan fingerprint density at radius 2 is 0.672 bits per heavy atom. The second kappa shape index (κ2) is 47.3. The average Bonchev–Trinajstić information content (AvgIpc) is 3.22. The Labute approximate surface area is 359 Å². The number of unbranched alkanes of at least 4 members (excludes halogenated alkanes) is 28. The summed E-state index contributed by atoms with van der Waals surface area (Å²) in [5.41, 5.74) is 0. The van der Waals surface area contributed by atoms with E-state index >= 15 is 0 Å². The third-order valence-corrected chi connectivity index (χ3v) is 10.9. The first-order valence-corrected chi connectivity index (χ1v) is 25.0. The maximum Gasteiger partial charge on any atom is 0.306 e. The molecule has 0 heterocycles. The molecule has 6 heteroatoms. The van der Waals surface area contributed by atoms with Crippen LogP contribution < -0.4 is 0 Å². The minimum atomic E-state index is -0.778. The largest absolute Gasteiger partial charge is 0.462 e. The topological polar surface area (TPSA) is 78.9 Å². The minimum Gasteiger partial charge on any atom is -0.462 e. The number of hydrogen-bond donors (Lipinski definition) is 0. The first-order chi connectivity index (χ1) is 28.5. The van der Waals surface area contributed by atoms with Gasteiger partial charge in [0.05, 0.1) is 0 Å². The predicted octanol–water partition coefficient (Wildman–Crippen LogP) is 16.1. The monoisotopic (exact) mass is 815 g/mol. The normalized spacial score (nSPS) is 12.3. The lowest BCUT2D eigenvalue weighted by Crippen LogP contribution is -2.30. The van der Waals surface area contributed by atoms with Crippen LogP contribution in [0.2, 0.25) is 0 Å². The van der Waals surface area contributed by atoms with Gasteiger partial charge in [-0.15, -0.1) is 0 Å². The predicted molar refractivity (Wildman–Crippen MR) is 247 cm³/mol. The molecule has 0 aromatic rings. The lowest BCUT2D eigenvalue weighted by molar-refractivity contribution is -0.167. The standard InChI is InChI=1S/C52H94O6/c1-4-7-10-13-16-19-22-25-26-27-28-31-33-36-39-42-45-51(54)57-48-49(58-52(55)46-43-40-37-34-30-24-21-18-15-12-9-6-3)47-56-50(53)44-41-38-35-32-29-23-20-17-14-11-8-5-2/h9,12,17-18,20-21,49H,4-8,10-11,13-16,19,22-48H2,1-3H3/b12-9-,20-17-,21-18-. The van der Waals surface area contributed by atoms with Crippen molar-refractivity contribution in [3.05, 3.63) is 36.5 Å². The Morgan fingerprint density at radius 3 is 1.09 bits per heavy atom. The van der Waals surface area contributed by atoms with Crippen LogP contribution in [0.1, 0.15) is 258 Å². The number of carbonyl (C=O) groups is 3. The molecule has 0 aliphatic carbocycles. The third kappa shape index (κ3) is 44.7. The van der Waals surface area contributed by atoms with E-state index in [0.29, 0.717) is 19.3 Å². The number of allylic oxidation sites excluding steroid dienone is 6.